The Morgan fingerprint density at radius 3 is 2.67 bits per heavy atom. The molecule has 4 nitrogen and oxygen atoms in total. The molecular weight excluding hydrogens is 284 g/mol. The normalized spacial score (nSPS) is 19.6. The summed E-state index contributed by atoms with van der Waals surface area (Å²) >= 11 is 1.46. The van der Waals surface area contributed by atoms with Gasteiger partial charge < -0.3 is 15.8 Å². The van der Waals surface area contributed by atoms with E-state index in [4.69, 9.17) is 10.5 Å². The van der Waals surface area contributed by atoms with Gasteiger partial charge in [-0.3, -0.25) is 4.79 Å². The van der Waals surface area contributed by atoms with E-state index in [0.717, 1.165) is 24.4 Å². The van der Waals surface area contributed by atoms with E-state index in [1.807, 2.05) is 13.8 Å². The monoisotopic (exact) mass is 308 g/mol. The molecule has 2 aliphatic rings. The molecule has 1 heterocycles. The predicted molar refractivity (Wildman–Crippen MR) is 87.4 cm³/mol. The maximum absolute atomic E-state index is 12.3. The molecular formula is C16H24N2O2S. The molecule has 5 heteroatoms. The lowest BCUT2D eigenvalue weighted by atomic mass is 10.1. The molecule has 116 valence electrons. The number of rotatable bonds is 7. The van der Waals surface area contributed by atoms with Gasteiger partial charge in [-0.05, 0) is 44.9 Å². The van der Waals surface area contributed by atoms with Crippen molar-refractivity contribution in [3.63, 3.8) is 0 Å². The van der Waals surface area contributed by atoms with Crippen LogP contribution < -0.4 is 15.8 Å². The average Bonchev–Trinajstić information content (AvgIpc) is 3.32. The van der Waals surface area contributed by atoms with Crippen molar-refractivity contribution >= 4 is 27.8 Å². The van der Waals surface area contributed by atoms with Gasteiger partial charge in [-0.15, -0.1) is 11.3 Å². The van der Waals surface area contributed by atoms with Crippen LogP contribution >= 0.6 is 11.3 Å². The van der Waals surface area contributed by atoms with Crippen molar-refractivity contribution < 1.29 is 9.53 Å². The van der Waals surface area contributed by atoms with E-state index < -0.39 is 0 Å². The molecule has 1 aromatic heterocycles. The van der Waals surface area contributed by atoms with Gasteiger partial charge in [0.05, 0.1) is 16.7 Å². The molecule has 2 saturated carbocycles. The van der Waals surface area contributed by atoms with E-state index >= 15 is 0 Å². The summed E-state index contributed by atoms with van der Waals surface area (Å²) in [6.45, 7) is 7.14. The lowest BCUT2D eigenvalue weighted by Gasteiger charge is -2.14. The number of carbonyl (C=O) groups excluding carboxylic acids is 1. The van der Waals surface area contributed by atoms with Crippen molar-refractivity contribution in [1.82, 2.24) is 0 Å². The van der Waals surface area contributed by atoms with Gasteiger partial charge in [-0.25, -0.2) is 0 Å². The lowest BCUT2D eigenvalue weighted by molar-refractivity contribution is 0.0972. The molecule has 3 N–H and O–H groups in total. The second-order valence-electron chi connectivity index (χ2n) is 6.97. The Hall–Kier alpha value is -1.23. The molecule has 0 saturated heterocycles. The number of Topliss-reactive ketones (excluding diaryl/α,β-unsaturated/α-hetero) is 1. The van der Waals surface area contributed by atoms with Crippen LogP contribution in [0.1, 0.15) is 56.1 Å². The summed E-state index contributed by atoms with van der Waals surface area (Å²) in [5.41, 5.74) is 7.12. The summed E-state index contributed by atoms with van der Waals surface area (Å²) in [6.07, 6.45) is 4.56. The fraction of sp³-hybridized carbons (Fsp3) is 0.688. The Balaban J connectivity index is 1.84. The summed E-state index contributed by atoms with van der Waals surface area (Å²) < 4.78 is 5.86. The van der Waals surface area contributed by atoms with E-state index in [1.165, 1.54) is 24.2 Å². The number of ether oxygens (including phenoxy) is 1. The predicted octanol–water partition coefficient (Wildman–Crippen LogP) is 3.92. The van der Waals surface area contributed by atoms with Crippen LogP contribution in [0.2, 0.25) is 0 Å². The molecule has 0 amide bonds. The highest BCUT2D eigenvalue weighted by molar-refractivity contribution is 7.19. The molecule has 0 aliphatic heterocycles. The topological polar surface area (TPSA) is 64.3 Å². The first-order valence-electron chi connectivity index (χ1n) is 7.76. The molecule has 0 spiro atoms. The van der Waals surface area contributed by atoms with Gasteiger partial charge in [0.1, 0.15) is 5.00 Å². The molecule has 21 heavy (non-hydrogen) atoms. The van der Waals surface area contributed by atoms with Crippen molar-refractivity contribution in [1.29, 1.82) is 0 Å². The van der Waals surface area contributed by atoms with Crippen LogP contribution in [0.25, 0.3) is 0 Å². The van der Waals surface area contributed by atoms with Gasteiger partial charge in [0.15, 0.2) is 11.5 Å². The molecule has 0 radical (unpaired) electrons. The second-order valence-corrected chi connectivity index (χ2v) is 7.99. The molecule has 2 aliphatic carbocycles. The van der Waals surface area contributed by atoms with Crippen molar-refractivity contribution in [2.45, 2.75) is 52.6 Å². The highest BCUT2D eigenvalue weighted by Crippen LogP contribution is 2.49. The highest BCUT2D eigenvalue weighted by Gasteiger charge is 2.38. The number of nitrogen functional groups attached to an aromatic ring is 1. The number of hydrogen-bond acceptors (Lipinski definition) is 5. The second kappa shape index (κ2) is 5.20. The van der Waals surface area contributed by atoms with Gasteiger partial charge in [0.25, 0.3) is 0 Å². The zero-order chi connectivity index (χ0) is 15.2. The van der Waals surface area contributed by atoms with Crippen molar-refractivity contribution in [2.75, 3.05) is 17.6 Å². The first kappa shape index (κ1) is 14.7. The quantitative estimate of drug-likeness (QED) is 0.749. The van der Waals surface area contributed by atoms with Gasteiger partial charge in [0, 0.05) is 12.5 Å². The smallest absolute Gasteiger partial charge is 0.178 e. The van der Waals surface area contributed by atoms with E-state index in [1.54, 1.807) is 0 Å². The summed E-state index contributed by atoms with van der Waals surface area (Å²) in [5, 5.41) is 4.37. The largest absolute Gasteiger partial charge is 0.486 e. The summed E-state index contributed by atoms with van der Waals surface area (Å²) in [7, 11) is 0. The average molecular weight is 308 g/mol. The van der Waals surface area contributed by atoms with Crippen LogP contribution in [-0.2, 0) is 0 Å². The fourth-order valence-corrected chi connectivity index (χ4v) is 3.36. The number of hydrogen-bond donors (Lipinski definition) is 2. The summed E-state index contributed by atoms with van der Waals surface area (Å²) in [6, 6.07) is 0. The van der Waals surface area contributed by atoms with Crippen LogP contribution in [0.15, 0.2) is 0 Å². The number of thiophene rings is 1. The summed E-state index contributed by atoms with van der Waals surface area (Å²) in [5.74, 6) is 1.05. The van der Waals surface area contributed by atoms with Gasteiger partial charge in [0.2, 0.25) is 0 Å². The minimum atomic E-state index is 0.0443. The minimum Gasteiger partial charge on any atom is -0.486 e. The zero-order valence-electron chi connectivity index (χ0n) is 13.0. The van der Waals surface area contributed by atoms with Crippen molar-refractivity contribution in [3.05, 3.63) is 4.88 Å². The Labute approximate surface area is 130 Å². The molecule has 0 aromatic carbocycles. The van der Waals surface area contributed by atoms with Crippen LogP contribution in [0.3, 0.4) is 0 Å². The van der Waals surface area contributed by atoms with E-state index in [0.29, 0.717) is 21.7 Å². The number of nitrogens with two attached hydrogens (primary N) is 1. The maximum atomic E-state index is 12.3. The number of anilines is 2. The number of nitrogens with one attached hydrogen (secondary N) is 1. The lowest BCUT2D eigenvalue weighted by Crippen LogP contribution is -2.13. The third-order valence-corrected chi connectivity index (χ3v) is 5.36. The highest BCUT2D eigenvalue weighted by atomic mass is 32.1. The van der Waals surface area contributed by atoms with Gasteiger partial charge in [-0.2, -0.15) is 0 Å². The fourth-order valence-electron chi connectivity index (χ4n) is 2.30. The Morgan fingerprint density at radius 1 is 1.48 bits per heavy atom. The molecule has 2 fully saturated rings. The molecule has 1 aromatic rings. The van der Waals surface area contributed by atoms with Crippen LogP contribution in [0.4, 0.5) is 10.7 Å². The maximum Gasteiger partial charge on any atom is 0.178 e. The molecule has 0 atom stereocenters. The van der Waals surface area contributed by atoms with Crippen LogP contribution in [0.5, 0.6) is 5.75 Å². The first-order valence-corrected chi connectivity index (χ1v) is 8.58. The Bertz CT molecular complexity index is 557. The third-order valence-electron chi connectivity index (χ3n) is 4.20. The van der Waals surface area contributed by atoms with E-state index in [2.05, 4.69) is 12.2 Å². The number of carbonyl (C=O) groups is 1. The third kappa shape index (κ3) is 3.18. The molecule has 0 bridgehead atoms. The molecule has 3 rings (SSSR count). The van der Waals surface area contributed by atoms with Gasteiger partial charge >= 0.3 is 0 Å². The van der Waals surface area contributed by atoms with Crippen LogP contribution in [-0.4, -0.2) is 18.4 Å². The zero-order valence-corrected chi connectivity index (χ0v) is 13.8. The van der Waals surface area contributed by atoms with Crippen LogP contribution in [0, 0.1) is 11.3 Å². The first-order chi connectivity index (χ1) is 9.89. The van der Waals surface area contributed by atoms with E-state index in [9.17, 15) is 4.79 Å². The minimum absolute atomic E-state index is 0.0443. The van der Waals surface area contributed by atoms with Gasteiger partial charge in [-0.1, -0.05) is 6.92 Å². The Kier molecular flexibility index (Phi) is 3.64. The standard InChI is InChI=1S/C16H24N2O2S/c1-9(2)20-13-11(17)14(12(19)10-4-5-10)21-15(13)18-8-16(3)6-7-16/h9-10,18H,4-8,17H2,1-3H3. The van der Waals surface area contributed by atoms with Crippen molar-refractivity contribution in [3.8, 4) is 5.75 Å². The number of ketones is 1. The Morgan fingerprint density at radius 2 is 2.14 bits per heavy atom. The SMILES string of the molecule is CC(C)Oc1c(NCC2(C)CC2)sc(C(=O)C2CC2)c1N. The van der Waals surface area contributed by atoms with E-state index in [-0.39, 0.29) is 17.8 Å². The van der Waals surface area contributed by atoms with Crippen molar-refractivity contribution in [2.24, 2.45) is 11.3 Å². The molecule has 0 unspecified atom stereocenters. The summed E-state index contributed by atoms with van der Waals surface area (Å²) in [4.78, 5) is 13.0.